The minimum absolute atomic E-state index is 0.0124. The van der Waals surface area contributed by atoms with Gasteiger partial charge in [0.2, 0.25) is 0 Å². The highest BCUT2D eigenvalue weighted by Crippen LogP contribution is 2.33. The molecule has 5 nitrogen and oxygen atoms in total. The summed E-state index contributed by atoms with van der Waals surface area (Å²) in [6, 6.07) is 1.11. The molecule has 2 rings (SSSR count). The predicted octanol–water partition coefficient (Wildman–Crippen LogP) is 3.16. The highest BCUT2D eigenvalue weighted by atomic mass is 32.2. The van der Waals surface area contributed by atoms with Crippen LogP contribution in [0.3, 0.4) is 0 Å². The van der Waals surface area contributed by atoms with Crippen molar-refractivity contribution in [2.24, 2.45) is 9.98 Å². The molecule has 2 heterocycles. The van der Waals surface area contributed by atoms with Crippen LogP contribution in [0, 0.1) is 0 Å². The van der Waals surface area contributed by atoms with E-state index in [-0.39, 0.29) is 16.6 Å². The molecule has 1 atom stereocenters. The standard InChI is InChI=1S/C17H32N4OS/c1-12(2)18-14-21-17(7,11-23-14)9-8-15(3,4)19-13-20-16(5,6)10-22-13/h12H,8-11H2,1-7H3,(H,18,21)(H,19,20). The van der Waals surface area contributed by atoms with Crippen LogP contribution in [0.1, 0.15) is 61.3 Å². The van der Waals surface area contributed by atoms with Gasteiger partial charge in [0.05, 0.1) is 11.1 Å². The van der Waals surface area contributed by atoms with Crippen LogP contribution in [0.4, 0.5) is 0 Å². The Kier molecular flexibility index (Phi) is 5.24. The van der Waals surface area contributed by atoms with Crippen molar-refractivity contribution >= 4 is 23.0 Å². The molecule has 0 fully saturated rings. The number of hydrogen-bond acceptors (Lipinski definition) is 6. The van der Waals surface area contributed by atoms with Crippen LogP contribution in [-0.4, -0.2) is 46.2 Å². The summed E-state index contributed by atoms with van der Waals surface area (Å²) in [6.07, 6.45) is 2.06. The Morgan fingerprint density at radius 1 is 1.26 bits per heavy atom. The number of nitrogens with zero attached hydrogens (tertiary/aromatic N) is 2. The minimum atomic E-state index is -0.117. The number of nitrogens with one attached hydrogen (secondary N) is 2. The summed E-state index contributed by atoms with van der Waals surface area (Å²) in [7, 11) is 0. The van der Waals surface area contributed by atoms with Gasteiger partial charge in [-0.1, -0.05) is 11.8 Å². The molecule has 0 bridgehead atoms. The van der Waals surface area contributed by atoms with Crippen LogP contribution < -0.4 is 10.6 Å². The normalized spacial score (nSPS) is 26.8. The van der Waals surface area contributed by atoms with Gasteiger partial charge in [-0.3, -0.25) is 4.99 Å². The van der Waals surface area contributed by atoms with Gasteiger partial charge in [0.1, 0.15) is 6.61 Å². The van der Waals surface area contributed by atoms with Gasteiger partial charge in [0.25, 0.3) is 6.02 Å². The van der Waals surface area contributed by atoms with Crippen LogP contribution in [-0.2, 0) is 4.74 Å². The number of ether oxygens (including phenoxy) is 1. The zero-order valence-electron chi connectivity index (χ0n) is 15.6. The van der Waals surface area contributed by atoms with Crippen LogP contribution in [0.5, 0.6) is 0 Å². The summed E-state index contributed by atoms with van der Waals surface area (Å²) in [5.41, 5.74) is -0.163. The fraction of sp³-hybridized carbons (Fsp3) is 0.882. The highest BCUT2D eigenvalue weighted by Gasteiger charge is 2.34. The molecule has 132 valence electrons. The van der Waals surface area contributed by atoms with E-state index in [0.29, 0.717) is 18.7 Å². The van der Waals surface area contributed by atoms with Gasteiger partial charge >= 0.3 is 0 Å². The smallest absolute Gasteiger partial charge is 0.285 e. The van der Waals surface area contributed by atoms with E-state index in [2.05, 4.69) is 64.1 Å². The summed E-state index contributed by atoms with van der Waals surface area (Å²) in [4.78, 5) is 9.49. The zero-order valence-corrected chi connectivity index (χ0v) is 16.4. The molecule has 0 amide bonds. The minimum Gasteiger partial charge on any atom is -0.463 e. The van der Waals surface area contributed by atoms with Crippen LogP contribution >= 0.6 is 11.8 Å². The van der Waals surface area contributed by atoms with Crippen molar-refractivity contribution in [2.75, 3.05) is 12.4 Å². The van der Waals surface area contributed by atoms with E-state index in [1.54, 1.807) is 0 Å². The zero-order chi connectivity index (χ0) is 17.3. The summed E-state index contributed by atoms with van der Waals surface area (Å²) in [5.74, 6) is 1.04. The lowest BCUT2D eigenvalue weighted by Gasteiger charge is -2.30. The van der Waals surface area contributed by atoms with E-state index in [1.807, 2.05) is 11.8 Å². The number of amidine groups is 2. The maximum Gasteiger partial charge on any atom is 0.285 e. The average molecular weight is 341 g/mol. The van der Waals surface area contributed by atoms with Gasteiger partial charge in [-0.15, -0.1) is 0 Å². The summed E-state index contributed by atoms with van der Waals surface area (Å²) < 4.78 is 5.66. The molecule has 0 aromatic rings. The maximum absolute atomic E-state index is 5.66. The molecule has 2 N–H and O–H groups in total. The predicted molar refractivity (Wildman–Crippen MR) is 100 cm³/mol. The Morgan fingerprint density at radius 2 is 1.96 bits per heavy atom. The first-order valence-corrected chi connectivity index (χ1v) is 9.47. The Morgan fingerprint density at radius 3 is 2.52 bits per heavy atom. The molecule has 0 saturated carbocycles. The molecular formula is C17H32N4OS. The number of thioether (sulfide) groups is 1. The molecule has 0 aromatic heterocycles. The van der Waals surface area contributed by atoms with Gasteiger partial charge in [0, 0.05) is 17.3 Å². The maximum atomic E-state index is 5.66. The monoisotopic (exact) mass is 340 g/mol. The van der Waals surface area contributed by atoms with Crippen molar-refractivity contribution in [3.63, 3.8) is 0 Å². The first kappa shape index (κ1) is 18.4. The summed E-state index contributed by atoms with van der Waals surface area (Å²) in [5, 5.41) is 7.95. The lowest BCUT2D eigenvalue weighted by atomic mass is 9.90. The van der Waals surface area contributed by atoms with Crippen LogP contribution in [0.15, 0.2) is 9.98 Å². The van der Waals surface area contributed by atoms with Crippen molar-refractivity contribution < 1.29 is 4.74 Å². The van der Waals surface area contributed by atoms with Crippen molar-refractivity contribution in [3.8, 4) is 0 Å². The van der Waals surface area contributed by atoms with Gasteiger partial charge in [-0.05, 0) is 61.3 Å². The van der Waals surface area contributed by atoms with Gasteiger partial charge < -0.3 is 15.4 Å². The number of hydrogen-bond donors (Lipinski definition) is 2. The summed E-state index contributed by atoms with van der Waals surface area (Å²) in [6.45, 7) is 15.8. The summed E-state index contributed by atoms with van der Waals surface area (Å²) >= 11 is 1.83. The molecule has 0 radical (unpaired) electrons. The SMILES string of the molecule is CC(C)NC1=NC(C)(CCC(C)(C)NC2=NC(C)(C)CO2)CS1. The number of aliphatic imine (C=N–C) groups is 2. The van der Waals surface area contributed by atoms with E-state index >= 15 is 0 Å². The first-order valence-electron chi connectivity index (χ1n) is 8.49. The number of rotatable bonds is 5. The molecule has 0 aliphatic carbocycles. The highest BCUT2D eigenvalue weighted by molar-refractivity contribution is 8.14. The van der Waals surface area contributed by atoms with Gasteiger partial charge in [-0.25, -0.2) is 4.99 Å². The Bertz CT molecular complexity index is 499. The van der Waals surface area contributed by atoms with Crippen molar-refractivity contribution in [1.29, 1.82) is 0 Å². The van der Waals surface area contributed by atoms with E-state index in [4.69, 9.17) is 9.73 Å². The van der Waals surface area contributed by atoms with Crippen molar-refractivity contribution in [3.05, 3.63) is 0 Å². The van der Waals surface area contributed by atoms with Gasteiger partial charge in [0.15, 0.2) is 5.17 Å². The largest absolute Gasteiger partial charge is 0.463 e. The second-order valence-electron chi connectivity index (χ2n) is 8.53. The van der Waals surface area contributed by atoms with E-state index in [1.165, 1.54) is 0 Å². The third-order valence-corrected chi connectivity index (χ3v) is 5.25. The Balaban J connectivity index is 1.88. The molecule has 0 spiro atoms. The fourth-order valence-electron chi connectivity index (χ4n) is 2.56. The molecule has 2 aliphatic rings. The second kappa shape index (κ2) is 6.54. The Labute approximate surface area is 145 Å². The third-order valence-electron chi connectivity index (χ3n) is 4.00. The van der Waals surface area contributed by atoms with Crippen LogP contribution in [0.25, 0.3) is 0 Å². The second-order valence-corrected chi connectivity index (χ2v) is 9.49. The van der Waals surface area contributed by atoms with E-state index < -0.39 is 0 Å². The molecule has 0 aromatic carbocycles. The lowest BCUT2D eigenvalue weighted by Crippen LogP contribution is -2.44. The molecular weight excluding hydrogens is 308 g/mol. The Hall–Kier alpha value is -0.910. The fourth-order valence-corrected chi connectivity index (χ4v) is 3.83. The van der Waals surface area contributed by atoms with Gasteiger partial charge in [-0.2, -0.15) is 0 Å². The molecule has 2 aliphatic heterocycles. The lowest BCUT2D eigenvalue weighted by molar-refractivity contribution is 0.254. The first-order chi connectivity index (χ1) is 10.5. The molecule has 1 unspecified atom stereocenters. The molecule has 23 heavy (non-hydrogen) atoms. The van der Waals surface area contributed by atoms with Crippen LogP contribution in [0.2, 0.25) is 0 Å². The third kappa shape index (κ3) is 5.59. The van der Waals surface area contributed by atoms with Crippen molar-refractivity contribution in [1.82, 2.24) is 10.6 Å². The van der Waals surface area contributed by atoms with E-state index in [9.17, 15) is 0 Å². The van der Waals surface area contributed by atoms with Crippen molar-refractivity contribution in [2.45, 2.75) is 84.0 Å². The molecule has 0 saturated heterocycles. The average Bonchev–Trinajstić information content (AvgIpc) is 2.90. The molecule has 6 heteroatoms. The quantitative estimate of drug-likeness (QED) is 0.807. The topological polar surface area (TPSA) is 58.0 Å². The van der Waals surface area contributed by atoms with E-state index in [0.717, 1.165) is 23.8 Å².